The maximum atomic E-state index is 12.6. The summed E-state index contributed by atoms with van der Waals surface area (Å²) in [6.07, 6.45) is 3.27. The van der Waals surface area contributed by atoms with Crippen molar-refractivity contribution < 1.29 is 18.7 Å². The quantitative estimate of drug-likeness (QED) is 0.295. The molecule has 3 aromatic carbocycles. The maximum absolute atomic E-state index is 12.6. The lowest BCUT2D eigenvalue weighted by atomic mass is 9.99. The van der Waals surface area contributed by atoms with E-state index < -0.39 is 0 Å². The van der Waals surface area contributed by atoms with Crippen LogP contribution < -0.4 is 14.8 Å². The summed E-state index contributed by atoms with van der Waals surface area (Å²) in [4.78, 5) is 12.6. The Kier molecular flexibility index (Phi) is 6.71. The number of hydrogen-bond acceptors (Lipinski definition) is 4. The second-order valence-electron chi connectivity index (χ2n) is 7.48. The number of hydrogen-bond donors (Lipinski definition) is 1. The van der Waals surface area contributed by atoms with Crippen LogP contribution in [0.15, 0.2) is 77.4 Å². The average molecular weight is 462 g/mol. The number of carbonyl (C=O) groups excluding carboxylic acids is 1. The zero-order valence-corrected chi connectivity index (χ0v) is 19.4. The summed E-state index contributed by atoms with van der Waals surface area (Å²) in [5.74, 6) is 1.19. The van der Waals surface area contributed by atoms with Gasteiger partial charge >= 0.3 is 0 Å². The Morgan fingerprint density at radius 3 is 2.61 bits per heavy atom. The number of nitrogens with one attached hydrogen (secondary N) is 1. The molecule has 0 aliphatic carbocycles. The van der Waals surface area contributed by atoms with Gasteiger partial charge in [0.25, 0.3) is 0 Å². The second kappa shape index (κ2) is 9.84. The number of allylic oxidation sites excluding steroid dienone is 1. The topological polar surface area (TPSA) is 60.7 Å². The number of halogens is 1. The van der Waals surface area contributed by atoms with E-state index in [9.17, 15) is 4.79 Å². The molecule has 5 nitrogen and oxygen atoms in total. The van der Waals surface area contributed by atoms with Gasteiger partial charge in [0.1, 0.15) is 17.1 Å². The molecule has 0 saturated heterocycles. The smallest absolute Gasteiger partial charge is 0.248 e. The molecule has 0 radical (unpaired) electrons. The highest BCUT2D eigenvalue weighted by Gasteiger charge is 2.15. The minimum Gasteiger partial charge on any atom is -0.496 e. The highest BCUT2D eigenvalue weighted by atomic mass is 35.5. The van der Waals surface area contributed by atoms with Gasteiger partial charge in [-0.05, 0) is 61.4 Å². The van der Waals surface area contributed by atoms with Gasteiger partial charge in [-0.1, -0.05) is 29.8 Å². The summed E-state index contributed by atoms with van der Waals surface area (Å²) < 4.78 is 16.9. The van der Waals surface area contributed by atoms with Crippen molar-refractivity contribution >= 4 is 39.7 Å². The van der Waals surface area contributed by atoms with Crippen molar-refractivity contribution in [3.05, 3.63) is 83.6 Å². The van der Waals surface area contributed by atoms with Crippen LogP contribution in [0.25, 0.3) is 27.7 Å². The van der Waals surface area contributed by atoms with Gasteiger partial charge in [0.05, 0.1) is 20.0 Å². The highest BCUT2D eigenvalue weighted by molar-refractivity contribution is 6.31. The Balaban J connectivity index is 1.68. The Bertz CT molecular complexity index is 1320. The molecule has 1 aromatic heterocycles. The van der Waals surface area contributed by atoms with Crippen LogP contribution in [0.2, 0.25) is 5.02 Å². The predicted octanol–water partition coefficient (Wildman–Crippen LogP) is 7.20. The largest absolute Gasteiger partial charge is 0.496 e. The number of carbonyl (C=O) groups is 1. The molecule has 168 valence electrons. The van der Waals surface area contributed by atoms with Crippen molar-refractivity contribution in [3.8, 4) is 22.6 Å². The molecule has 1 heterocycles. The monoisotopic (exact) mass is 461 g/mol. The molecule has 0 unspecified atom stereocenters. The normalized spacial score (nSPS) is 11.5. The van der Waals surface area contributed by atoms with E-state index in [4.69, 9.17) is 25.5 Å². The van der Waals surface area contributed by atoms with Gasteiger partial charge in [-0.15, -0.1) is 0 Å². The van der Waals surface area contributed by atoms with Crippen molar-refractivity contribution in [1.82, 2.24) is 0 Å². The fraction of sp³-hybridized carbons (Fsp3) is 0.148. The molecule has 4 aromatic rings. The molecular weight excluding hydrogens is 438 g/mol. The van der Waals surface area contributed by atoms with Crippen LogP contribution in [0.3, 0.4) is 0 Å². The first-order valence-corrected chi connectivity index (χ1v) is 10.9. The van der Waals surface area contributed by atoms with E-state index in [1.54, 1.807) is 43.7 Å². The summed E-state index contributed by atoms with van der Waals surface area (Å²) in [7, 11) is 1.60. The zero-order valence-electron chi connectivity index (χ0n) is 18.6. The minimum atomic E-state index is -0.254. The van der Waals surface area contributed by atoms with Gasteiger partial charge in [-0.2, -0.15) is 0 Å². The van der Waals surface area contributed by atoms with E-state index in [-0.39, 0.29) is 5.91 Å². The molecule has 1 amide bonds. The van der Waals surface area contributed by atoms with Gasteiger partial charge in [0.2, 0.25) is 5.91 Å². The first kappa shape index (κ1) is 22.5. The third-order valence-corrected chi connectivity index (χ3v) is 5.47. The lowest BCUT2D eigenvalue weighted by Gasteiger charge is -2.10. The third kappa shape index (κ3) is 5.04. The van der Waals surface area contributed by atoms with Crippen LogP contribution in [0, 0.1) is 0 Å². The first-order chi connectivity index (χ1) is 16.0. The third-order valence-electron chi connectivity index (χ3n) is 5.24. The number of benzene rings is 3. The fourth-order valence-electron chi connectivity index (χ4n) is 3.67. The SMILES string of the molecule is CCOc1ccc(-c2coc3cc(OC)c(/C(C)=C/C(=O)Nc4cccc(Cl)c4)cc23)cc1. The van der Waals surface area contributed by atoms with Crippen molar-refractivity contribution in [3.63, 3.8) is 0 Å². The summed E-state index contributed by atoms with van der Waals surface area (Å²) in [6.45, 7) is 4.45. The second-order valence-corrected chi connectivity index (χ2v) is 7.92. The van der Waals surface area contributed by atoms with Crippen LogP contribution in [-0.4, -0.2) is 19.6 Å². The molecule has 0 aliphatic rings. The standard InChI is InChI=1S/C27H24ClNO4/c1-4-32-21-10-8-18(9-11-21)24-16-33-26-15-25(31-3)22(14-23(24)26)17(2)12-27(30)29-20-7-5-6-19(28)13-20/h5-16H,4H2,1-3H3,(H,29,30)/b17-12+. The van der Waals surface area contributed by atoms with Crippen LogP contribution in [0.4, 0.5) is 5.69 Å². The molecule has 6 heteroatoms. The number of methoxy groups -OCH3 is 1. The Hall–Kier alpha value is -3.70. The van der Waals surface area contributed by atoms with Gasteiger partial charge in [0, 0.05) is 39.4 Å². The number of rotatable bonds is 7. The van der Waals surface area contributed by atoms with Gasteiger partial charge in [-0.25, -0.2) is 0 Å². The van der Waals surface area contributed by atoms with Gasteiger partial charge < -0.3 is 19.2 Å². The number of amides is 1. The maximum Gasteiger partial charge on any atom is 0.248 e. The number of furan rings is 1. The minimum absolute atomic E-state index is 0.254. The van der Waals surface area contributed by atoms with Crippen molar-refractivity contribution in [2.75, 3.05) is 19.0 Å². The fourth-order valence-corrected chi connectivity index (χ4v) is 3.86. The summed E-state index contributed by atoms with van der Waals surface area (Å²) in [5.41, 5.74) is 4.86. The van der Waals surface area contributed by atoms with Gasteiger partial charge in [0.15, 0.2) is 0 Å². The molecule has 1 N–H and O–H groups in total. The lowest BCUT2D eigenvalue weighted by Crippen LogP contribution is -2.08. The first-order valence-electron chi connectivity index (χ1n) is 10.6. The average Bonchev–Trinajstić information content (AvgIpc) is 3.21. The van der Waals surface area contributed by atoms with E-state index in [0.717, 1.165) is 33.4 Å². The molecule has 0 bridgehead atoms. The van der Waals surface area contributed by atoms with Gasteiger partial charge in [-0.3, -0.25) is 4.79 Å². The van der Waals surface area contributed by atoms with E-state index in [1.165, 1.54) is 0 Å². The van der Waals surface area contributed by atoms with E-state index in [2.05, 4.69) is 5.32 Å². The van der Waals surface area contributed by atoms with E-state index in [1.807, 2.05) is 50.2 Å². The Morgan fingerprint density at radius 1 is 1.12 bits per heavy atom. The summed E-state index contributed by atoms with van der Waals surface area (Å²) in [5, 5.41) is 4.32. The van der Waals surface area contributed by atoms with Crippen LogP contribution in [0.1, 0.15) is 19.4 Å². The summed E-state index contributed by atoms with van der Waals surface area (Å²) >= 11 is 6.00. The molecule has 4 rings (SSSR count). The van der Waals surface area contributed by atoms with Crippen molar-refractivity contribution in [2.24, 2.45) is 0 Å². The number of ether oxygens (including phenoxy) is 2. The van der Waals surface area contributed by atoms with Crippen LogP contribution >= 0.6 is 11.6 Å². The molecule has 0 aliphatic heterocycles. The van der Waals surface area contributed by atoms with Crippen molar-refractivity contribution in [2.45, 2.75) is 13.8 Å². The van der Waals surface area contributed by atoms with Crippen LogP contribution in [-0.2, 0) is 4.79 Å². The number of anilines is 1. The molecule has 33 heavy (non-hydrogen) atoms. The van der Waals surface area contributed by atoms with E-state index in [0.29, 0.717) is 28.6 Å². The molecule has 0 saturated carbocycles. The predicted molar refractivity (Wildman–Crippen MR) is 133 cm³/mol. The molecule has 0 atom stereocenters. The summed E-state index contributed by atoms with van der Waals surface area (Å²) in [6, 6.07) is 18.7. The zero-order chi connectivity index (χ0) is 23.4. The van der Waals surface area contributed by atoms with Crippen LogP contribution in [0.5, 0.6) is 11.5 Å². The lowest BCUT2D eigenvalue weighted by molar-refractivity contribution is -0.111. The highest BCUT2D eigenvalue weighted by Crippen LogP contribution is 2.37. The number of fused-ring (bicyclic) bond motifs is 1. The van der Waals surface area contributed by atoms with Crippen molar-refractivity contribution in [1.29, 1.82) is 0 Å². The Labute approximate surface area is 197 Å². The molecule has 0 spiro atoms. The Morgan fingerprint density at radius 2 is 1.91 bits per heavy atom. The molecule has 0 fully saturated rings. The molecular formula is C27H24ClNO4. The van der Waals surface area contributed by atoms with E-state index >= 15 is 0 Å².